The monoisotopic (exact) mass is 424 g/mol. The summed E-state index contributed by atoms with van der Waals surface area (Å²) in [6, 6.07) is 15.5. The molecule has 0 radical (unpaired) electrons. The van der Waals surface area contributed by atoms with Gasteiger partial charge in [0.2, 0.25) is 0 Å². The molecule has 158 valence electrons. The highest BCUT2D eigenvalue weighted by molar-refractivity contribution is 8.18. The quantitative estimate of drug-likeness (QED) is 0.471. The molecule has 2 aromatic carbocycles. The van der Waals surface area contributed by atoms with Crippen molar-refractivity contribution < 1.29 is 14.3 Å². The zero-order valence-electron chi connectivity index (χ0n) is 17.8. The number of amidine groups is 1. The number of carbonyl (C=O) groups excluding carboxylic acids is 1. The number of hydrogen-bond donors (Lipinski definition) is 0. The standard InChI is InChI=1S/C24H28N2O3S/c1-4-14-26-23(27)22(30-24(26)25-19-10-8-7-9-11-19)17-18-12-13-20(29-15-5-2)21(16-18)28-6-3/h7-13,16-17H,4-6,14-15H2,1-3H3/b22-17+,25-24?. The van der Waals surface area contributed by atoms with Crippen LogP contribution in [0.15, 0.2) is 58.4 Å². The summed E-state index contributed by atoms with van der Waals surface area (Å²) in [5, 5.41) is 0.715. The van der Waals surface area contributed by atoms with Crippen molar-refractivity contribution in [2.75, 3.05) is 19.8 Å². The summed E-state index contributed by atoms with van der Waals surface area (Å²) < 4.78 is 11.5. The van der Waals surface area contributed by atoms with Gasteiger partial charge in [0.25, 0.3) is 5.91 Å². The highest BCUT2D eigenvalue weighted by atomic mass is 32.2. The minimum atomic E-state index is -0.0131. The van der Waals surface area contributed by atoms with Crippen LogP contribution in [-0.4, -0.2) is 35.7 Å². The number of thioether (sulfide) groups is 1. The highest BCUT2D eigenvalue weighted by Gasteiger charge is 2.32. The molecule has 0 aliphatic carbocycles. The Morgan fingerprint density at radius 1 is 1.00 bits per heavy atom. The first-order valence-electron chi connectivity index (χ1n) is 10.4. The fourth-order valence-corrected chi connectivity index (χ4v) is 4.02. The van der Waals surface area contributed by atoms with Crippen LogP contribution in [0.25, 0.3) is 6.08 Å². The minimum absolute atomic E-state index is 0.0131. The van der Waals surface area contributed by atoms with Crippen LogP contribution in [0.1, 0.15) is 39.2 Å². The molecule has 1 saturated heterocycles. The van der Waals surface area contributed by atoms with Crippen LogP contribution in [0.2, 0.25) is 0 Å². The van der Waals surface area contributed by atoms with Gasteiger partial charge in [0, 0.05) is 6.54 Å². The predicted molar refractivity (Wildman–Crippen MR) is 125 cm³/mol. The van der Waals surface area contributed by atoms with Crippen LogP contribution in [0.4, 0.5) is 5.69 Å². The van der Waals surface area contributed by atoms with Crippen molar-refractivity contribution in [2.24, 2.45) is 4.99 Å². The van der Waals surface area contributed by atoms with E-state index in [-0.39, 0.29) is 5.91 Å². The van der Waals surface area contributed by atoms with E-state index in [0.29, 0.717) is 35.6 Å². The first kappa shape index (κ1) is 22.0. The van der Waals surface area contributed by atoms with Gasteiger partial charge >= 0.3 is 0 Å². The highest BCUT2D eigenvalue weighted by Crippen LogP contribution is 2.36. The van der Waals surface area contributed by atoms with Crippen molar-refractivity contribution in [3.63, 3.8) is 0 Å². The largest absolute Gasteiger partial charge is 0.490 e. The van der Waals surface area contributed by atoms with Gasteiger partial charge in [-0.05, 0) is 67.4 Å². The number of amides is 1. The van der Waals surface area contributed by atoms with E-state index in [0.717, 1.165) is 29.8 Å². The van der Waals surface area contributed by atoms with Gasteiger partial charge in [-0.3, -0.25) is 9.69 Å². The Morgan fingerprint density at radius 2 is 1.80 bits per heavy atom. The molecule has 6 heteroatoms. The average molecular weight is 425 g/mol. The smallest absolute Gasteiger partial charge is 0.266 e. The maximum atomic E-state index is 13.0. The Hall–Kier alpha value is -2.73. The van der Waals surface area contributed by atoms with Crippen LogP contribution in [-0.2, 0) is 4.79 Å². The lowest BCUT2D eigenvalue weighted by molar-refractivity contribution is -0.122. The van der Waals surface area contributed by atoms with Gasteiger partial charge < -0.3 is 9.47 Å². The van der Waals surface area contributed by atoms with Gasteiger partial charge in [-0.15, -0.1) is 0 Å². The Balaban J connectivity index is 1.89. The molecule has 1 fully saturated rings. The Labute approximate surface area is 182 Å². The van der Waals surface area contributed by atoms with E-state index < -0.39 is 0 Å². The summed E-state index contributed by atoms with van der Waals surface area (Å²) in [5.74, 6) is 1.41. The van der Waals surface area contributed by atoms with E-state index in [2.05, 4.69) is 13.8 Å². The number of benzene rings is 2. The van der Waals surface area contributed by atoms with E-state index >= 15 is 0 Å². The third-order valence-electron chi connectivity index (χ3n) is 4.34. The third-order valence-corrected chi connectivity index (χ3v) is 5.35. The average Bonchev–Trinajstić information content (AvgIpc) is 3.03. The number of rotatable bonds is 9. The summed E-state index contributed by atoms with van der Waals surface area (Å²) in [6.45, 7) is 7.90. The lowest BCUT2D eigenvalue weighted by Gasteiger charge is -2.14. The fourth-order valence-electron chi connectivity index (χ4n) is 2.99. The van der Waals surface area contributed by atoms with Crippen molar-refractivity contribution >= 4 is 34.6 Å². The molecule has 1 aliphatic rings. The van der Waals surface area contributed by atoms with Gasteiger partial charge in [0.1, 0.15) is 0 Å². The topological polar surface area (TPSA) is 51.1 Å². The van der Waals surface area contributed by atoms with Gasteiger partial charge in [0.15, 0.2) is 16.7 Å². The summed E-state index contributed by atoms with van der Waals surface area (Å²) in [7, 11) is 0. The van der Waals surface area contributed by atoms with E-state index in [1.165, 1.54) is 11.8 Å². The Morgan fingerprint density at radius 3 is 2.50 bits per heavy atom. The molecule has 0 spiro atoms. The second-order valence-electron chi connectivity index (χ2n) is 6.79. The van der Waals surface area contributed by atoms with Gasteiger partial charge in [-0.1, -0.05) is 38.1 Å². The molecule has 2 aromatic rings. The zero-order chi connectivity index (χ0) is 21.3. The van der Waals surface area contributed by atoms with Crippen LogP contribution < -0.4 is 9.47 Å². The normalized spacial score (nSPS) is 16.5. The van der Waals surface area contributed by atoms with Crippen molar-refractivity contribution in [1.82, 2.24) is 4.90 Å². The van der Waals surface area contributed by atoms with Crippen molar-refractivity contribution in [3.8, 4) is 11.5 Å². The number of para-hydroxylation sites is 1. The van der Waals surface area contributed by atoms with Gasteiger partial charge in [-0.2, -0.15) is 0 Å². The van der Waals surface area contributed by atoms with E-state index in [1.54, 1.807) is 4.90 Å². The lowest BCUT2D eigenvalue weighted by Crippen LogP contribution is -2.29. The molecule has 5 nitrogen and oxygen atoms in total. The molecule has 0 unspecified atom stereocenters. The molecule has 1 amide bonds. The zero-order valence-corrected chi connectivity index (χ0v) is 18.6. The summed E-state index contributed by atoms with van der Waals surface area (Å²) in [4.78, 5) is 20.1. The molecule has 3 rings (SSSR count). The van der Waals surface area contributed by atoms with Crippen LogP contribution >= 0.6 is 11.8 Å². The summed E-state index contributed by atoms with van der Waals surface area (Å²) >= 11 is 1.41. The van der Waals surface area contributed by atoms with E-state index in [9.17, 15) is 4.79 Å². The SMILES string of the molecule is CCCOc1ccc(/C=C2/SC(=Nc3ccccc3)N(CCC)C2=O)cc1OCC. The number of carbonyl (C=O) groups is 1. The second-order valence-corrected chi connectivity index (χ2v) is 7.79. The first-order chi connectivity index (χ1) is 14.7. The van der Waals surface area contributed by atoms with Crippen molar-refractivity contribution in [3.05, 3.63) is 59.0 Å². The molecule has 0 atom stereocenters. The van der Waals surface area contributed by atoms with Crippen LogP contribution in [0.5, 0.6) is 11.5 Å². The predicted octanol–water partition coefficient (Wildman–Crippen LogP) is 5.89. The van der Waals surface area contributed by atoms with Gasteiger partial charge in [0.05, 0.1) is 23.8 Å². The molecule has 0 N–H and O–H groups in total. The maximum Gasteiger partial charge on any atom is 0.266 e. The fraction of sp³-hybridized carbons (Fsp3) is 0.333. The van der Waals surface area contributed by atoms with Crippen LogP contribution in [0, 0.1) is 0 Å². The van der Waals surface area contributed by atoms with Crippen molar-refractivity contribution in [1.29, 1.82) is 0 Å². The number of ether oxygens (including phenoxy) is 2. The molecule has 0 saturated carbocycles. The molecule has 0 aromatic heterocycles. The number of nitrogens with zero attached hydrogens (tertiary/aromatic N) is 2. The van der Waals surface area contributed by atoms with E-state index in [1.807, 2.05) is 61.5 Å². The maximum absolute atomic E-state index is 13.0. The Bertz CT molecular complexity index is 925. The summed E-state index contributed by atoms with van der Waals surface area (Å²) in [5.41, 5.74) is 1.74. The lowest BCUT2D eigenvalue weighted by atomic mass is 10.2. The third kappa shape index (κ3) is 5.45. The van der Waals surface area contributed by atoms with Gasteiger partial charge in [-0.25, -0.2) is 4.99 Å². The first-order valence-corrected chi connectivity index (χ1v) is 11.2. The van der Waals surface area contributed by atoms with Crippen molar-refractivity contribution in [2.45, 2.75) is 33.6 Å². The Kier molecular flexibility index (Phi) is 7.97. The second kappa shape index (κ2) is 10.9. The molecule has 1 aliphatic heterocycles. The molecular weight excluding hydrogens is 396 g/mol. The van der Waals surface area contributed by atoms with Crippen LogP contribution in [0.3, 0.4) is 0 Å². The molecular formula is C24H28N2O3S. The number of hydrogen-bond acceptors (Lipinski definition) is 5. The summed E-state index contributed by atoms with van der Waals surface area (Å²) in [6.07, 6.45) is 3.69. The molecule has 1 heterocycles. The minimum Gasteiger partial charge on any atom is -0.490 e. The molecule has 30 heavy (non-hydrogen) atoms. The van der Waals surface area contributed by atoms with E-state index in [4.69, 9.17) is 14.5 Å². The number of aliphatic imine (C=N–C) groups is 1. The molecule has 0 bridgehead atoms.